The number of hydrogen-bond acceptors (Lipinski definition) is 3. The fourth-order valence-electron chi connectivity index (χ4n) is 1.96. The normalized spacial score (nSPS) is 10.1. The second-order valence-corrected chi connectivity index (χ2v) is 4.69. The number of aryl methyl sites for hydroxylation is 1. The second kappa shape index (κ2) is 6.09. The van der Waals surface area contributed by atoms with E-state index in [1.807, 2.05) is 6.92 Å². The van der Waals surface area contributed by atoms with Crippen LogP contribution in [0, 0.1) is 6.92 Å². The highest BCUT2D eigenvalue weighted by Gasteiger charge is 2.06. The number of aromatic carboxylic acids is 2. The average Bonchev–Trinajstić information content (AvgIpc) is 2.46. The molecular formula is C16H15NO4. The molecule has 5 nitrogen and oxygen atoms in total. The first-order valence-electron chi connectivity index (χ1n) is 6.37. The minimum absolute atomic E-state index is 0.251. The van der Waals surface area contributed by atoms with Gasteiger partial charge in [-0.2, -0.15) is 0 Å². The smallest absolute Gasteiger partial charge is 0.335 e. The van der Waals surface area contributed by atoms with E-state index in [-0.39, 0.29) is 11.1 Å². The average molecular weight is 285 g/mol. The molecule has 0 radical (unpaired) electrons. The van der Waals surface area contributed by atoms with E-state index in [2.05, 4.69) is 5.32 Å². The second-order valence-electron chi connectivity index (χ2n) is 4.69. The van der Waals surface area contributed by atoms with E-state index in [4.69, 9.17) is 10.2 Å². The van der Waals surface area contributed by atoms with Crippen molar-refractivity contribution in [3.63, 3.8) is 0 Å². The Morgan fingerprint density at radius 3 is 2.05 bits per heavy atom. The number of hydrogen-bond donors (Lipinski definition) is 3. The van der Waals surface area contributed by atoms with Crippen LogP contribution in [0.15, 0.2) is 42.5 Å². The Morgan fingerprint density at radius 1 is 0.952 bits per heavy atom. The van der Waals surface area contributed by atoms with Crippen molar-refractivity contribution >= 4 is 17.6 Å². The van der Waals surface area contributed by atoms with Crippen molar-refractivity contribution in [2.24, 2.45) is 0 Å². The van der Waals surface area contributed by atoms with Crippen molar-refractivity contribution in [3.05, 3.63) is 64.7 Å². The van der Waals surface area contributed by atoms with Gasteiger partial charge in [-0.15, -0.1) is 0 Å². The van der Waals surface area contributed by atoms with Crippen LogP contribution in [0.4, 0.5) is 5.69 Å². The molecule has 3 N–H and O–H groups in total. The molecule has 0 amide bonds. The third-order valence-electron chi connectivity index (χ3n) is 3.16. The lowest BCUT2D eigenvalue weighted by atomic mass is 10.1. The first-order chi connectivity index (χ1) is 9.97. The third kappa shape index (κ3) is 3.60. The Bertz CT molecular complexity index is 677. The third-order valence-corrected chi connectivity index (χ3v) is 3.16. The molecule has 5 heteroatoms. The molecular weight excluding hydrogens is 270 g/mol. The van der Waals surface area contributed by atoms with Gasteiger partial charge in [-0.25, -0.2) is 9.59 Å². The van der Waals surface area contributed by atoms with Gasteiger partial charge in [0.25, 0.3) is 0 Å². The Hall–Kier alpha value is -2.82. The van der Waals surface area contributed by atoms with Gasteiger partial charge in [0.05, 0.1) is 11.1 Å². The van der Waals surface area contributed by atoms with E-state index in [0.717, 1.165) is 16.8 Å². The summed E-state index contributed by atoms with van der Waals surface area (Å²) >= 11 is 0. The maximum Gasteiger partial charge on any atom is 0.335 e. The number of benzene rings is 2. The number of carbonyl (C=O) groups is 2. The van der Waals surface area contributed by atoms with Crippen molar-refractivity contribution in [1.29, 1.82) is 0 Å². The van der Waals surface area contributed by atoms with Gasteiger partial charge in [0, 0.05) is 12.2 Å². The number of rotatable bonds is 5. The summed E-state index contributed by atoms with van der Waals surface area (Å²) in [5.41, 5.74) is 3.14. The molecule has 0 atom stereocenters. The summed E-state index contributed by atoms with van der Waals surface area (Å²) in [5, 5.41) is 20.9. The minimum Gasteiger partial charge on any atom is -0.478 e. The molecule has 0 fully saturated rings. The van der Waals surface area contributed by atoms with Gasteiger partial charge in [-0.3, -0.25) is 0 Å². The van der Waals surface area contributed by atoms with Gasteiger partial charge in [0.2, 0.25) is 0 Å². The molecule has 0 aromatic heterocycles. The standard InChI is InChI=1S/C16H15NO4/c1-10-8-13(16(20)21)6-7-14(10)17-9-11-2-4-12(5-3-11)15(18)19/h2-8,17H,9H2,1H3,(H,18,19)(H,20,21). The van der Waals surface area contributed by atoms with Crippen LogP contribution in [-0.4, -0.2) is 22.2 Å². The van der Waals surface area contributed by atoms with E-state index >= 15 is 0 Å². The quantitative estimate of drug-likeness (QED) is 0.786. The van der Waals surface area contributed by atoms with Crippen molar-refractivity contribution in [2.75, 3.05) is 5.32 Å². The van der Waals surface area contributed by atoms with Crippen molar-refractivity contribution in [2.45, 2.75) is 13.5 Å². The van der Waals surface area contributed by atoms with Crippen molar-refractivity contribution in [3.8, 4) is 0 Å². The van der Waals surface area contributed by atoms with Crippen LogP contribution in [0.3, 0.4) is 0 Å². The molecule has 0 spiro atoms. The molecule has 2 aromatic carbocycles. The van der Waals surface area contributed by atoms with Crippen LogP contribution in [0.2, 0.25) is 0 Å². The molecule has 0 saturated heterocycles. The lowest BCUT2D eigenvalue weighted by molar-refractivity contribution is 0.0686. The van der Waals surface area contributed by atoms with Crippen molar-refractivity contribution < 1.29 is 19.8 Å². The molecule has 0 aliphatic rings. The summed E-state index contributed by atoms with van der Waals surface area (Å²) in [6, 6.07) is 11.5. The van der Waals surface area contributed by atoms with E-state index < -0.39 is 11.9 Å². The lowest BCUT2D eigenvalue weighted by Crippen LogP contribution is -2.04. The van der Waals surface area contributed by atoms with E-state index in [1.165, 1.54) is 0 Å². The lowest BCUT2D eigenvalue weighted by Gasteiger charge is -2.10. The van der Waals surface area contributed by atoms with Gasteiger partial charge < -0.3 is 15.5 Å². The highest BCUT2D eigenvalue weighted by Crippen LogP contribution is 2.17. The van der Waals surface area contributed by atoms with Crippen LogP contribution < -0.4 is 5.32 Å². The van der Waals surface area contributed by atoms with Crippen LogP contribution in [0.25, 0.3) is 0 Å². The number of nitrogens with one attached hydrogen (secondary N) is 1. The summed E-state index contributed by atoms with van der Waals surface area (Å²) in [4.78, 5) is 21.6. The molecule has 0 saturated carbocycles. The molecule has 0 aliphatic heterocycles. The molecule has 0 aliphatic carbocycles. The summed E-state index contributed by atoms with van der Waals surface area (Å²) in [6.07, 6.45) is 0. The van der Waals surface area contributed by atoms with E-state index in [9.17, 15) is 9.59 Å². The van der Waals surface area contributed by atoms with E-state index in [1.54, 1.807) is 42.5 Å². The molecule has 0 heterocycles. The Morgan fingerprint density at radius 2 is 1.52 bits per heavy atom. The number of carboxylic acid groups (broad SMARTS) is 2. The van der Waals surface area contributed by atoms with Gasteiger partial charge in [0.15, 0.2) is 0 Å². The van der Waals surface area contributed by atoms with Gasteiger partial charge in [-0.05, 0) is 48.4 Å². The summed E-state index contributed by atoms with van der Waals surface area (Å²) in [5.74, 6) is -1.90. The van der Waals surface area contributed by atoms with Gasteiger partial charge in [-0.1, -0.05) is 12.1 Å². The molecule has 2 aromatic rings. The predicted molar refractivity (Wildman–Crippen MR) is 78.9 cm³/mol. The number of carboxylic acids is 2. The summed E-state index contributed by atoms with van der Waals surface area (Å²) in [7, 11) is 0. The van der Waals surface area contributed by atoms with Gasteiger partial charge in [0.1, 0.15) is 0 Å². The highest BCUT2D eigenvalue weighted by molar-refractivity contribution is 5.88. The zero-order chi connectivity index (χ0) is 15.4. The minimum atomic E-state index is -0.950. The largest absolute Gasteiger partial charge is 0.478 e. The predicted octanol–water partition coefficient (Wildman–Crippen LogP) is 3.00. The fraction of sp³-hybridized carbons (Fsp3) is 0.125. The molecule has 2 rings (SSSR count). The molecule has 0 unspecified atom stereocenters. The van der Waals surface area contributed by atoms with Crippen LogP contribution in [0.5, 0.6) is 0 Å². The van der Waals surface area contributed by atoms with Crippen LogP contribution >= 0.6 is 0 Å². The first-order valence-corrected chi connectivity index (χ1v) is 6.37. The Labute approximate surface area is 121 Å². The maximum atomic E-state index is 10.9. The zero-order valence-corrected chi connectivity index (χ0v) is 11.5. The fourth-order valence-corrected chi connectivity index (χ4v) is 1.96. The molecule has 108 valence electrons. The highest BCUT2D eigenvalue weighted by atomic mass is 16.4. The maximum absolute atomic E-state index is 10.9. The Balaban J connectivity index is 2.06. The zero-order valence-electron chi connectivity index (χ0n) is 11.5. The van der Waals surface area contributed by atoms with Crippen LogP contribution in [-0.2, 0) is 6.54 Å². The van der Waals surface area contributed by atoms with Gasteiger partial charge >= 0.3 is 11.9 Å². The van der Waals surface area contributed by atoms with Crippen LogP contribution in [0.1, 0.15) is 31.8 Å². The molecule has 0 bridgehead atoms. The Kier molecular flexibility index (Phi) is 4.23. The topological polar surface area (TPSA) is 86.6 Å². The monoisotopic (exact) mass is 285 g/mol. The van der Waals surface area contributed by atoms with Crippen molar-refractivity contribution in [1.82, 2.24) is 0 Å². The summed E-state index contributed by atoms with van der Waals surface area (Å²) < 4.78 is 0. The molecule has 21 heavy (non-hydrogen) atoms. The number of anilines is 1. The SMILES string of the molecule is Cc1cc(C(=O)O)ccc1NCc1ccc(C(=O)O)cc1. The first kappa shape index (κ1) is 14.6. The summed E-state index contributed by atoms with van der Waals surface area (Å²) in [6.45, 7) is 2.37. The van der Waals surface area contributed by atoms with E-state index in [0.29, 0.717) is 6.54 Å².